The predicted molar refractivity (Wildman–Crippen MR) is 68.7 cm³/mol. The summed E-state index contributed by atoms with van der Waals surface area (Å²) in [6.45, 7) is 4.55. The lowest BCUT2D eigenvalue weighted by atomic mass is 9.89. The molecule has 2 rings (SSSR count). The topological polar surface area (TPSA) is 36.4 Å². The summed E-state index contributed by atoms with van der Waals surface area (Å²) in [4.78, 5) is 4.27. The van der Waals surface area contributed by atoms with Crippen LogP contribution in [0.15, 0.2) is 4.99 Å². The van der Waals surface area contributed by atoms with Crippen LogP contribution < -0.4 is 10.6 Å². The molecule has 0 aromatic rings. The van der Waals surface area contributed by atoms with Crippen molar-refractivity contribution in [3.8, 4) is 0 Å². The molecular formula is C13H25N3. The number of nitrogens with one attached hydrogen (secondary N) is 2. The van der Waals surface area contributed by atoms with E-state index in [1.165, 1.54) is 38.5 Å². The van der Waals surface area contributed by atoms with E-state index in [1.54, 1.807) is 0 Å². The highest BCUT2D eigenvalue weighted by Gasteiger charge is 2.28. The third-order valence-corrected chi connectivity index (χ3v) is 3.97. The summed E-state index contributed by atoms with van der Waals surface area (Å²) >= 11 is 0. The Labute approximate surface area is 99.1 Å². The molecule has 2 aliphatic carbocycles. The lowest BCUT2D eigenvalue weighted by Crippen LogP contribution is -2.42. The monoisotopic (exact) mass is 223 g/mol. The molecule has 0 amide bonds. The molecule has 0 radical (unpaired) electrons. The normalized spacial score (nSPS) is 24.5. The first-order chi connectivity index (χ1) is 7.72. The molecule has 2 fully saturated rings. The summed E-state index contributed by atoms with van der Waals surface area (Å²) in [5.74, 6) is 1.89. The van der Waals surface area contributed by atoms with Crippen molar-refractivity contribution in [2.45, 2.75) is 45.4 Å². The quantitative estimate of drug-likeness (QED) is 0.566. The molecule has 0 aliphatic heterocycles. The molecule has 2 aliphatic rings. The summed E-state index contributed by atoms with van der Waals surface area (Å²) in [6.07, 6.45) is 8.29. The van der Waals surface area contributed by atoms with Gasteiger partial charge < -0.3 is 10.6 Å². The van der Waals surface area contributed by atoms with Crippen molar-refractivity contribution >= 4 is 5.96 Å². The average molecular weight is 223 g/mol. The van der Waals surface area contributed by atoms with Crippen molar-refractivity contribution < 1.29 is 0 Å². The van der Waals surface area contributed by atoms with Gasteiger partial charge in [0.1, 0.15) is 0 Å². The maximum absolute atomic E-state index is 4.27. The molecule has 0 unspecified atom stereocenters. The van der Waals surface area contributed by atoms with Gasteiger partial charge in [0, 0.05) is 20.1 Å². The van der Waals surface area contributed by atoms with Gasteiger partial charge in [0.05, 0.1) is 0 Å². The van der Waals surface area contributed by atoms with Gasteiger partial charge in [-0.25, -0.2) is 0 Å². The van der Waals surface area contributed by atoms with Gasteiger partial charge in [0.2, 0.25) is 0 Å². The Kier molecular flexibility index (Phi) is 3.72. The van der Waals surface area contributed by atoms with Gasteiger partial charge in [-0.2, -0.15) is 0 Å². The summed E-state index contributed by atoms with van der Waals surface area (Å²) < 4.78 is 0. The van der Waals surface area contributed by atoms with Crippen molar-refractivity contribution in [2.75, 3.05) is 20.1 Å². The van der Waals surface area contributed by atoms with E-state index < -0.39 is 0 Å². The molecule has 0 heterocycles. The SMILES string of the molecule is CN=C(NCC1CC1)NCC1(C)CCCC1. The fourth-order valence-electron chi connectivity index (χ4n) is 2.49. The zero-order chi connectivity index (χ0) is 11.4. The number of rotatable bonds is 4. The largest absolute Gasteiger partial charge is 0.356 e. The number of nitrogens with zero attached hydrogens (tertiary/aromatic N) is 1. The summed E-state index contributed by atoms with van der Waals surface area (Å²) in [5.41, 5.74) is 0.497. The van der Waals surface area contributed by atoms with Crippen LogP contribution in [0.25, 0.3) is 0 Å². The van der Waals surface area contributed by atoms with Gasteiger partial charge in [0.25, 0.3) is 0 Å². The van der Waals surface area contributed by atoms with E-state index in [9.17, 15) is 0 Å². The molecule has 3 heteroatoms. The van der Waals surface area contributed by atoms with Crippen LogP contribution in [0.4, 0.5) is 0 Å². The van der Waals surface area contributed by atoms with Gasteiger partial charge >= 0.3 is 0 Å². The average Bonchev–Trinajstić information content (AvgIpc) is 3.01. The van der Waals surface area contributed by atoms with E-state index in [1.807, 2.05) is 7.05 Å². The fraction of sp³-hybridized carbons (Fsp3) is 0.923. The summed E-state index contributed by atoms with van der Waals surface area (Å²) in [7, 11) is 1.86. The van der Waals surface area contributed by atoms with Crippen LogP contribution in [0.5, 0.6) is 0 Å². The molecule has 0 aromatic carbocycles. The molecule has 92 valence electrons. The van der Waals surface area contributed by atoms with Crippen molar-refractivity contribution in [1.29, 1.82) is 0 Å². The number of hydrogen-bond acceptors (Lipinski definition) is 1. The Morgan fingerprint density at radius 2 is 1.94 bits per heavy atom. The zero-order valence-electron chi connectivity index (χ0n) is 10.7. The van der Waals surface area contributed by atoms with E-state index in [2.05, 4.69) is 22.5 Å². The summed E-state index contributed by atoms with van der Waals surface area (Å²) in [5, 5.41) is 6.89. The molecular weight excluding hydrogens is 198 g/mol. The van der Waals surface area contributed by atoms with Crippen LogP contribution in [0.1, 0.15) is 45.4 Å². The van der Waals surface area contributed by atoms with Crippen molar-refractivity contribution in [3.63, 3.8) is 0 Å². The minimum Gasteiger partial charge on any atom is -0.356 e. The highest BCUT2D eigenvalue weighted by molar-refractivity contribution is 5.79. The van der Waals surface area contributed by atoms with E-state index in [-0.39, 0.29) is 0 Å². The second kappa shape index (κ2) is 5.07. The first-order valence-corrected chi connectivity index (χ1v) is 6.66. The number of hydrogen-bond donors (Lipinski definition) is 2. The molecule has 0 atom stereocenters. The Morgan fingerprint density at radius 1 is 1.25 bits per heavy atom. The molecule has 2 saturated carbocycles. The van der Waals surface area contributed by atoms with Crippen molar-refractivity contribution in [3.05, 3.63) is 0 Å². The van der Waals surface area contributed by atoms with Gasteiger partial charge in [-0.3, -0.25) is 4.99 Å². The molecule has 2 N–H and O–H groups in total. The van der Waals surface area contributed by atoms with E-state index in [4.69, 9.17) is 0 Å². The van der Waals surface area contributed by atoms with E-state index >= 15 is 0 Å². The van der Waals surface area contributed by atoms with Crippen molar-refractivity contribution in [1.82, 2.24) is 10.6 Å². The molecule has 3 nitrogen and oxygen atoms in total. The Bertz CT molecular complexity index is 250. The lowest BCUT2D eigenvalue weighted by molar-refractivity contribution is 0.334. The molecule has 0 aromatic heterocycles. The van der Waals surface area contributed by atoms with Crippen LogP contribution in [0.3, 0.4) is 0 Å². The second-order valence-electron chi connectivity index (χ2n) is 5.77. The Morgan fingerprint density at radius 3 is 2.50 bits per heavy atom. The first-order valence-electron chi connectivity index (χ1n) is 6.66. The summed E-state index contributed by atoms with van der Waals surface area (Å²) in [6, 6.07) is 0. The molecule has 16 heavy (non-hydrogen) atoms. The molecule has 0 bridgehead atoms. The molecule has 0 saturated heterocycles. The maximum atomic E-state index is 4.27. The number of aliphatic imine (C=N–C) groups is 1. The molecule has 0 spiro atoms. The van der Waals surface area contributed by atoms with Gasteiger partial charge in [-0.05, 0) is 37.0 Å². The van der Waals surface area contributed by atoms with Gasteiger partial charge in [-0.1, -0.05) is 19.8 Å². The van der Waals surface area contributed by atoms with E-state index in [0.717, 1.165) is 25.0 Å². The van der Waals surface area contributed by atoms with Crippen LogP contribution in [0.2, 0.25) is 0 Å². The standard InChI is InChI=1S/C13H25N3/c1-13(7-3-4-8-13)10-16-12(14-2)15-9-11-5-6-11/h11H,3-10H2,1-2H3,(H2,14,15,16). The number of guanidine groups is 1. The van der Waals surface area contributed by atoms with Crippen LogP contribution in [0, 0.1) is 11.3 Å². The second-order valence-corrected chi connectivity index (χ2v) is 5.77. The van der Waals surface area contributed by atoms with Gasteiger partial charge in [0.15, 0.2) is 5.96 Å². The highest BCUT2D eigenvalue weighted by Crippen LogP contribution is 2.36. The lowest BCUT2D eigenvalue weighted by Gasteiger charge is -2.25. The minimum atomic E-state index is 0.497. The van der Waals surface area contributed by atoms with E-state index in [0.29, 0.717) is 5.41 Å². The Balaban J connectivity index is 1.69. The van der Waals surface area contributed by atoms with Crippen LogP contribution >= 0.6 is 0 Å². The fourth-order valence-corrected chi connectivity index (χ4v) is 2.49. The van der Waals surface area contributed by atoms with Crippen LogP contribution in [-0.2, 0) is 0 Å². The van der Waals surface area contributed by atoms with Crippen LogP contribution in [-0.4, -0.2) is 26.1 Å². The smallest absolute Gasteiger partial charge is 0.191 e. The predicted octanol–water partition coefficient (Wildman–Crippen LogP) is 2.14. The minimum absolute atomic E-state index is 0.497. The zero-order valence-corrected chi connectivity index (χ0v) is 10.7. The Hall–Kier alpha value is -0.730. The third kappa shape index (κ3) is 3.39. The highest BCUT2D eigenvalue weighted by atomic mass is 15.2. The van der Waals surface area contributed by atoms with Crippen molar-refractivity contribution in [2.24, 2.45) is 16.3 Å². The van der Waals surface area contributed by atoms with Gasteiger partial charge in [-0.15, -0.1) is 0 Å². The first kappa shape index (κ1) is 11.7. The third-order valence-electron chi connectivity index (χ3n) is 3.97. The maximum Gasteiger partial charge on any atom is 0.191 e.